The molecular weight excluding hydrogens is 457 g/mol. The Labute approximate surface area is 182 Å². The SMILES string of the molecule is O=C([O-])CCSCC(CCCP(=O)(OCCO)N1C(=O)C=CC1=O)SCCC(=O)[O-]. The Bertz CT molecular complexity index is 683. The minimum absolute atomic E-state index is 0.0643. The van der Waals surface area contributed by atoms with Gasteiger partial charge >= 0.3 is 7.52 Å². The van der Waals surface area contributed by atoms with Gasteiger partial charge in [0.05, 0.1) is 13.2 Å². The fraction of sp³-hybridized carbons (Fsp3) is 0.647. The van der Waals surface area contributed by atoms with Crippen LogP contribution >= 0.6 is 31.0 Å². The number of aliphatic hydroxyl groups is 1. The molecule has 1 N–H and O–H groups in total. The number of aliphatic carboxylic acids is 2. The van der Waals surface area contributed by atoms with E-state index in [9.17, 15) is 34.0 Å². The number of carbonyl (C=O) groups excluding carboxylic acids is 4. The maximum Gasteiger partial charge on any atom is 0.305 e. The second kappa shape index (κ2) is 13.9. The van der Waals surface area contributed by atoms with Gasteiger partial charge < -0.3 is 29.4 Å². The van der Waals surface area contributed by atoms with E-state index in [1.54, 1.807) is 0 Å². The van der Waals surface area contributed by atoms with Gasteiger partial charge in [-0.15, -0.1) is 0 Å². The van der Waals surface area contributed by atoms with Crippen molar-refractivity contribution in [3.63, 3.8) is 0 Å². The highest BCUT2D eigenvalue weighted by Crippen LogP contribution is 2.53. The van der Waals surface area contributed by atoms with Crippen molar-refractivity contribution in [2.24, 2.45) is 0 Å². The molecule has 0 bridgehead atoms. The first kappa shape index (κ1) is 26.7. The minimum Gasteiger partial charge on any atom is -0.550 e. The van der Waals surface area contributed by atoms with E-state index >= 15 is 0 Å². The zero-order valence-corrected chi connectivity index (χ0v) is 18.8. The molecular formula is C17H24NO9PS2-2. The lowest BCUT2D eigenvalue weighted by Crippen LogP contribution is -2.30. The van der Waals surface area contributed by atoms with Crippen LogP contribution < -0.4 is 10.2 Å². The van der Waals surface area contributed by atoms with Crippen molar-refractivity contribution in [2.75, 3.05) is 36.6 Å². The van der Waals surface area contributed by atoms with Crippen LogP contribution in [0.4, 0.5) is 0 Å². The van der Waals surface area contributed by atoms with E-state index in [2.05, 4.69) is 0 Å². The Morgan fingerprint density at radius 3 is 2.30 bits per heavy atom. The van der Waals surface area contributed by atoms with Crippen molar-refractivity contribution in [1.29, 1.82) is 0 Å². The van der Waals surface area contributed by atoms with Crippen LogP contribution in [-0.2, 0) is 28.3 Å². The molecule has 0 saturated heterocycles. The van der Waals surface area contributed by atoms with E-state index < -0.39 is 37.9 Å². The smallest absolute Gasteiger partial charge is 0.305 e. The largest absolute Gasteiger partial charge is 0.550 e. The molecule has 0 saturated carbocycles. The van der Waals surface area contributed by atoms with Gasteiger partial charge in [-0.1, -0.05) is 0 Å². The number of carboxylic acids is 2. The van der Waals surface area contributed by atoms with E-state index in [1.165, 1.54) is 23.5 Å². The van der Waals surface area contributed by atoms with Crippen molar-refractivity contribution < 1.29 is 43.6 Å². The van der Waals surface area contributed by atoms with E-state index in [4.69, 9.17) is 9.63 Å². The van der Waals surface area contributed by atoms with Gasteiger partial charge in [-0.3, -0.25) is 14.2 Å². The summed E-state index contributed by atoms with van der Waals surface area (Å²) in [4.78, 5) is 44.9. The Hall–Kier alpha value is -1.33. The molecule has 0 aliphatic carbocycles. The second-order valence-electron chi connectivity index (χ2n) is 6.19. The first-order valence-corrected chi connectivity index (χ1v) is 13.2. The van der Waals surface area contributed by atoms with Crippen LogP contribution in [0.1, 0.15) is 25.7 Å². The molecule has 10 nitrogen and oxygen atoms in total. The number of imide groups is 1. The van der Waals surface area contributed by atoms with Gasteiger partial charge in [-0.2, -0.15) is 23.5 Å². The topological polar surface area (TPSA) is 164 Å². The molecule has 1 aliphatic rings. The van der Waals surface area contributed by atoms with Gasteiger partial charge in [0.1, 0.15) is 0 Å². The molecule has 0 fully saturated rings. The molecule has 13 heteroatoms. The number of nitrogens with zero attached hydrogens (tertiary/aromatic N) is 1. The summed E-state index contributed by atoms with van der Waals surface area (Å²) in [5.41, 5.74) is 0. The third-order valence-electron chi connectivity index (χ3n) is 3.86. The van der Waals surface area contributed by atoms with E-state index in [1.807, 2.05) is 0 Å². The van der Waals surface area contributed by atoms with Gasteiger partial charge in [0, 0.05) is 41.3 Å². The maximum absolute atomic E-state index is 13.2. The lowest BCUT2D eigenvalue weighted by Gasteiger charge is -2.26. The summed E-state index contributed by atoms with van der Waals surface area (Å²) in [5.74, 6) is -2.61. The zero-order valence-electron chi connectivity index (χ0n) is 16.2. The summed E-state index contributed by atoms with van der Waals surface area (Å²) < 4.78 is 19.0. The predicted molar refractivity (Wildman–Crippen MR) is 109 cm³/mol. The van der Waals surface area contributed by atoms with Gasteiger partial charge in [-0.05, 0) is 37.2 Å². The molecule has 1 heterocycles. The monoisotopic (exact) mass is 481 g/mol. The van der Waals surface area contributed by atoms with Crippen molar-refractivity contribution in [1.82, 2.24) is 4.67 Å². The Morgan fingerprint density at radius 2 is 1.73 bits per heavy atom. The average molecular weight is 481 g/mol. The Morgan fingerprint density at radius 1 is 1.13 bits per heavy atom. The molecule has 0 radical (unpaired) electrons. The van der Waals surface area contributed by atoms with Crippen molar-refractivity contribution in [3.05, 3.63) is 12.2 Å². The van der Waals surface area contributed by atoms with Crippen LogP contribution in [0.15, 0.2) is 12.2 Å². The van der Waals surface area contributed by atoms with Gasteiger partial charge in [0.15, 0.2) is 0 Å². The van der Waals surface area contributed by atoms with E-state index in [0.29, 0.717) is 34.8 Å². The summed E-state index contributed by atoms with van der Waals surface area (Å²) in [7, 11) is -3.83. The maximum atomic E-state index is 13.2. The molecule has 1 aliphatic heterocycles. The highest BCUT2D eigenvalue weighted by atomic mass is 32.2. The molecule has 1 rings (SSSR count). The van der Waals surface area contributed by atoms with Crippen LogP contribution in [0.25, 0.3) is 0 Å². The number of aliphatic hydroxyl groups excluding tert-OH is 1. The number of hydrogen-bond acceptors (Lipinski definition) is 11. The summed E-state index contributed by atoms with van der Waals surface area (Å²) in [6.45, 7) is -0.721. The Kier molecular flexibility index (Phi) is 12.3. The number of carboxylic acid groups (broad SMARTS) is 2. The number of amides is 2. The number of carbonyl (C=O) groups is 4. The summed E-state index contributed by atoms with van der Waals surface area (Å²) in [6, 6.07) is 0. The number of thioether (sulfide) groups is 2. The Balaban J connectivity index is 2.66. The summed E-state index contributed by atoms with van der Waals surface area (Å²) in [5, 5.41) is 30.0. The molecule has 0 aromatic heterocycles. The molecule has 2 unspecified atom stereocenters. The zero-order chi connectivity index (χ0) is 22.6. The van der Waals surface area contributed by atoms with Gasteiger partial charge in [0.25, 0.3) is 11.8 Å². The van der Waals surface area contributed by atoms with E-state index in [0.717, 1.165) is 12.2 Å². The second-order valence-corrected chi connectivity index (χ2v) is 11.1. The molecule has 2 amide bonds. The standard InChI is InChI=1S/C17H26NO9PS2/c19-7-8-27-28(26,18-14(20)3-4-15(18)21)9-1-2-13(30-11-6-17(24)25)12-29-10-5-16(22)23/h3-4,13,19H,1-2,5-12H2,(H,22,23)(H,24,25)/p-2. The molecule has 2 atom stereocenters. The third-order valence-corrected chi connectivity index (χ3v) is 8.98. The van der Waals surface area contributed by atoms with Crippen LogP contribution in [-0.4, -0.2) is 75.4 Å². The lowest BCUT2D eigenvalue weighted by molar-refractivity contribution is -0.306. The van der Waals surface area contributed by atoms with E-state index in [-0.39, 0.29) is 30.9 Å². The van der Waals surface area contributed by atoms with Crippen LogP contribution in [0.3, 0.4) is 0 Å². The molecule has 0 aromatic carbocycles. The fourth-order valence-electron chi connectivity index (χ4n) is 2.51. The minimum atomic E-state index is -3.83. The first-order valence-electron chi connectivity index (χ1n) is 9.19. The van der Waals surface area contributed by atoms with Crippen LogP contribution in [0.2, 0.25) is 0 Å². The van der Waals surface area contributed by atoms with Crippen molar-refractivity contribution >= 4 is 54.8 Å². The highest BCUT2D eigenvalue weighted by Gasteiger charge is 2.41. The lowest BCUT2D eigenvalue weighted by atomic mass is 10.3. The van der Waals surface area contributed by atoms with Gasteiger partial charge in [-0.25, -0.2) is 4.67 Å². The average Bonchev–Trinajstić information content (AvgIpc) is 3.01. The molecule has 0 spiro atoms. The summed E-state index contributed by atoms with van der Waals surface area (Å²) >= 11 is 2.76. The third kappa shape index (κ3) is 9.65. The molecule has 0 aromatic rings. The quantitative estimate of drug-likeness (QED) is 0.154. The first-order chi connectivity index (χ1) is 14.2. The number of rotatable bonds is 17. The van der Waals surface area contributed by atoms with Gasteiger partial charge in [0.2, 0.25) is 0 Å². The predicted octanol–water partition coefficient (Wildman–Crippen LogP) is -0.991. The summed E-state index contributed by atoms with van der Waals surface area (Å²) in [6.07, 6.45) is 2.46. The van der Waals surface area contributed by atoms with Crippen molar-refractivity contribution in [2.45, 2.75) is 30.9 Å². The highest BCUT2D eigenvalue weighted by molar-refractivity contribution is 8.03. The molecule has 170 valence electrons. The number of hydrogen-bond donors (Lipinski definition) is 1. The fourth-order valence-corrected chi connectivity index (χ4v) is 7.17. The van der Waals surface area contributed by atoms with Crippen molar-refractivity contribution in [3.8, 4) is 0 Å². The van der Waals surface area contributed by atoms with Crippen LogP contribution in [0, 0.1) is 0 Å². The molecule has 30 heavy (non-hydrogen) atoms. The van der Waals surface area contributed by atoms with Crippen LogP contribution in [0.5, 0.6) is 0 Å². The normalized spacial score (nSPS) is 16.6.